The van der Waals surface area contributed by atoms with E-state index < -0.39 is 6.10 Å². The average Bonchev–Trinajstić information content (AvgIpc) is 2.95. The summed E-state index contributed by atoms with van der Waals surface area (Å²) in [5.74, 6) is 0.0878. The summed E-state index contributed by atoms with van der Waals surface area (Å²) in [7, 11) is 0. The van der Waals surface area contributed by atoms with Crippen molar-refractivity contribution in [1.82, 2.24) is 4.90 Å². The fourth-order valence-corrected chi connectivity index (χ4v) is 3.83. The number of allylic oxidation sites excluding steroid dienone is 1. The molecule has 1 aromatic rings. The summed E-state index contributed by atoms with van der Waals surface area (Å²) < 4.78 is 10.9. The van der Waals surface area contributed by atoms with Crippen molar-refractivity contribution in [3.8, 4) is 0 Å². The van der Waals surface area contributed by atoms with Crippen molar-refractivity contribution in [3.05, 3.63) is 41.5 Å². The summed E-state index contributed by atoms with van der Waals surface area (Å²) in [6.07, 6.45) is 6.12. The van der Waals surface area contributed by atoms with Gasteiger partial charge in [0.1, 0.15) is 0 Å². The highest BCUT2D eigenvalue weighted by molar-refractivity contribution is 5.81. The van der Waals surface area contributed by atoms with Crippen LogP contribution in [0.1, 0.15) is 24.0 Å². The second-order valence-corrected chi connectivity index (χ2v) is 6.34. The van der Waals surface area contributed by atoms with Gasteiger partial charge in [-0.3, -0.25) is 4.79 Å². The number of ether oxygens (including phenoxy) is 2. The second kappa shape index (κ2) is 5.52. The number of carbonyl (C=O) groups excluding carboxylic acids is 1. The number of piperidine rings is 1. The average molecular weight is 299 g/mol. The maximum absolute atomic E-state index is 12.5. The summed E-state index contributed by atoms with van der Waals surface area (Å²) in [6, 6.07) is 8.59. The quantitative estimate of drug-likeness (QED) is 0.796. The maximum Gasteiger partial charge on any atom is 0.254 e. The molecule has 116 valence electrons. The highest BCUT2D eigenvalue weighted by Crippen LogP contribution is 2.43. The van der Waals surface area contributed by atoms with Crippen LogP contribution in [-0.4, -0.2) is 49.8 Å². The van der Waals surface area contributed by atoms with E-state index >= 15 is 0 Å². The molecule has 1 spiro atoms. The molecule has 0 N–H and O–H groups in total. The van der Waals surface area contributed by atoms with E-state index in [0.29, 0.717) is 19.8 Å². The van der Waals surface area contributed by atoms with Gasteiger partial charge in [-0.05, 0) is 24.0 Å². The molecule has 1 atom stereocenters. The molecule has 2 saturated heterocycles. The van der Waals surface area contributed by atoms with E-state index in [2.05, 4.69) is 36.4 Å². The number of amides is 1. The Morgan fingerprint density at radius 1 is 1.18 bits per heavy atom. The third-order valence-electron chi connectivity index (χ3n) is 5.14. The van der Waals surface area contributed by atoms with Crippen LogP contribution in [0.2, 0.25) is 0 Å². The molecule has 3 aliphatic rings. The van der Waals surface area contributed by atoms with E-state index in [-0.39, 0.29) is 11.3 Å². The van der Waals surface area contributed by atoms with E-state index in [9.17, 15) is 4.79 Å². The van der Waals surface area contributed by atoms with Crippen LogP contribution in [-0.2, 0) is 19.7 Å². The van der Waals surface area contributed by atoms with Gasteiger partial charge in [-0.1, -0.05) is 36.4 Å². The lowest BCUT2D eigenvalue weighted by Crippen LogP contribution is -2.50. The van der Waals surface area contributed by atoms with Gasteiger partial charge in [0.15, 0.2) is 6.10 Å². The molecule has 4 heteroatoms. The van der Waals surface area contributed by atoms with Gasteiger partial charge in [0.2, 0.25) is 0 Å². The lowest BCUT2D eigenvalue weighted by molar-refractivity contribution is -0.159. The number of carbonyl (C=O) groups is 1. The van der Waals surface area contributed by atoms with Crippen LogP contribution in [0.15, 0.2) is 30.3 Å². The molecule has 0 aromatic heterocycles. The second-order valence-electron chi connectivity index (χ2n) is 6.34. The molecular weight excluding hydrogens is 278 g/mol. The third-order valence-corrected chi connectivity index (χ3v) is 5.14. The summed E-state index contributed by atoms with van der Waals surface area (Å²) in [5, 5.41) is 0. The lowest BCUT2D eigenvalue weighted by atomic mass is 9.74. The Kier molecular flexibility index (Phi) is 3.51. The SMILES string of the molecule is O=C(C1COCCO1)N1CCC2(C=Cc3ccccc32)CC1. The molecule has 0 bridgehead atoms. The Labute approximate surface area is 130 Å². The highest BCUT2D eigenvalue weighted by atomic mass is 16.6. The molecular formula is C18H21NO3. The molecule has 1 amide bonds. The molecule has 1 aliphatic carbocycles. The zero-order valence-electron chi connectivity index (χ0n) is 12.7. The van der Waals surface area contributed by atoms with Crippen LogP contribution in [0.25, 0.3) is 6.08 Å². The Hall–Kier alpha value is -1.65. The molecule has 4 nitrogen and oxygen atoms in total. The molecule has 0 saturated carbocycles. The number of fused-ring (bicyclic) bond motifs is 2. The minimum Gasteiger partial charge on any atom is -0.376 e. The first-order chi connectivity index (χ1) is 10.8. The smallest absolute Gasteiger partial charge is 0.254 e. The molecule has 1 aromatic carbocycles. The molecule has 4 rings (SSSR count). The van der Waals surface area contributed by atoms with Crippen LogP contribution in [0.5, 0.6) is 0 Å². The topological polar surface area (TPSA) is 38.8 Å². The Morgan fingerprint density at radius 3 is 2.77 bits per heavy atom. The van der Waals surface area contributed by atoms with Crippen molar-refractivity contribution >= 4 is 12.0 Å². The molecule has 2 heterocycles. The number of hydrogen-bond donors (Lipinski definition) is 0. The first kappa shape index (κ1) is 14.0. The Balaban J connectivity index is 1.45. The minimum atomic E-state index is -0.408. The molecule has 22 heavy (non-hydrogen) atoms. The van der Waals surface area contributed by atoms with E-state index in [1.807, 2.05) is 4.90 Å². The van der Waals surface area contributed by atoms with Gasteiger partial charge in [0.25, 0.3) is 5.91 Å². The Morgan fingerprint density at radius 2 is 2.00 bits per heavy atom. The van der Waals surface area contributed by atoms with E-state index in [4.69, 9.17) is 9.47 Å². The zero-order chi connectivity index (χ0) is 15.0. The minimum absolute atomic E-state index is 0.0878. The number of benzene rings is 1. The van der Waals surface area contributed by atoms with E-state index in [0.717, 1.165) is 25.9 Å². The standard InChI is InChI=1S/C18H21NO3/c20-17(16-13-21-11-12-22-16)19-9-7-18(8-10-19)6-5-14-3-1-2-4-15(14)18/h1-6,16H,7-13H2. The summed E-state index contributed by atoms with van der Waals surface area (Å²) in [6.45, 7) is 3.08. The van der Waals surface area contributed by atoms with Crippen LogP contribution >= 0.6 is 0 Å². The number of rotatable bonds is 1. The van der Waals surface area contributed by atoms with Gasteiger partial charge in [0.05, 0.1) is 19.8 Å². The molecule has 0 radical (unpaired) electrons. The first-order valence-corrected chi connectivity index (χ1v) is 8.05. The largest absolute Gasteiger partial charge is 0.376 e. The van der Waals surface area contributed by atoms with Crippen molar-refractivity contribution < 1.29 is 14.3 Å². The summed E-state index contributed by atoms with van der Waals surface area (Å²) in [5.41, 5.74) is 2.86. The van der Waals surface area contributed by atoms with Crippen LogP contribution in [0.3, 0.4) is 0 Å². The zero-order valence-corrected chi connectivity index (χ0v) is 12.7. The normalized spacial score (nSPS) is 26.2. The van der Waals surface area contributed by atoms with Gasteiger partial charge >= 0.3 is 0 Å². The van der Waals surface area contributed by atoms with E-state index in [1.54, 1.807) is 0 Å². The van der Waals surface area contributed by atoms with Crippen molar-refractivity contribution in [1.29, 1.82) is 0 Å². The fourth-order valence-electron chi connectivity index (χ4n) is 3.83. The van der Waals surface area contributed by atoms with Crippen molar-refractivity contribution in [2.75, 3.05) is 32.9 Å². The fraction of sp³-hybridized carbons (Fsp3) is 0.500. The molecule has 2 aliphatic heterocycles. The third kappa shape index (κ3) is 2.27. The maximum atomic E-state index is 12.5. The van der Waals surface area contributed by atoms with Crippen molar-refractivity contribution in [2.45, 2.75) is 24.4 Å². The van der Waals surface area contributed by atoms with Crippen LogP contribution < -0.4 is 0 Å². The summed E-state index contributed by atoms with van der Waals surface area (Å²) >= 11 is 0. The summed E-state index contributed by atoms with van der Waals surface area (Å²) in [4.78, 5) is 14.4. The van der Waals surface area contributed by atoms with Crippen LogP contribution in [0.4, 0.5) is 0 Å². The van der Waals surface area contributed by atoms with Gasteiger partial charge < -0.3 is 14.4 Å². The number of nitrogens with zero attached hydrogens (tertiary/aromatic N) is 1. The monoisotopic (exact) mass is 299 g/mol. The van der Waals surface area contributed by atoms with Gasteiger partial charge in [-0.2, -0.15) is 0 Å². The molecule has 1 unspecified atom stereocenters. The van der Waals surface area contributed by atoms with Crippen molar-refractivity contribution in [3.63, 3.8) is 0 Å². The van der Waals surface area contributed by atoms with Crippen molar-refractivity contribution in [2.24, 2.45) is 0 Å². The van der Waals surface area contributed by atoms with Gasteiger partial charge in [-0.15, -0.1) is 0 Å². The predicted octanol–water partition coefficient (Wildman–Crippen LogP) is 1.99. The lowest BCUT2D eigenvalue weighted by Gasteiger charge is -2.40. The number of hydrogen-bond acceptors (Lipinski definition) is 3. The molecule has 2 fully saturated rings. The predicted molar refractivity (Wildman–Crippen MR) is 83.5 cm³/mol. The Bertz CT molecular complexity index is 596. The van der Waals surface area contributed by atoms with Gasteiger partial charge in [0, 0.05) is 18.5 Å². The first-order valence-electron chi connectivity index (χ1n) is 8.05. The number of likely N-dealkylation sites (tertiary alicyclic amines) is 1. The van der Waals surface area contributed by atoms with E-state index in [1.165, 1.54) is 11.1 Å². The highest BCUT2D eigenvalue weighted by Gasteiger charge is 2.40. The van der Waals surface area contributed by atoms with Gasteiger partial charge in [-0.25, -0.2) is 0 Å². The van der Waals surface area contributed by atoms with Crippen LogP contribution in [0, 0.1) is 0 Å².